The SMILES string of the molecule is COCn1ccnc1-c1ccc2c3c([nH]c2c1)C(C)(C)c1cc(OCC(O)CO)ccc1C3=O. The van der Waals surface area contributed by atoms with E-state index in [2.05, 4.69) is 23.8 Å². The number of aliphatic hydroxyl groups excluding tert-OH is 2. The van der Waals surface area contributed by atoms with Gasteiger partial charge in [0.05, 0.1) is 12.2 Å². The molecule has 2 aromatic heterocycles. The Balaban J connectivity index is 1.58. The second kappa shape index (κ2) is 8.39. The summed E-state index contributed by atoms with van der Waals surface area (Å²) in [5.74, 6) is 1.29. The molecule has 1 atom stereocenters. The van der Waals surface area contributed by atoms with Crippen molar-refractivity contribution in [3.05, 3.63) is 71.2 Å². The third kappa shape index (κ3) is 3.51. The average Bonchev–Trinajstić information content (AvgIpc) is 3.46. The monoisotopic (exact) mass is 461 g/mol. The van der Waals surface area contributed by atoms with Crippen molar-refractivity contribution >= 4 is 16.7 Å². The van der Waals surface area contributed by atoms with Crippen molar-refractivity contribution in [1.29, 1.82) is 0 Å². The Hall–Kier alpha value is -3.46. The molecule has 1 unspecified atom stereocenters. The number of carbonyl (C=O) groups excluding carboxylic acids is 1. The highest BCUT2D eigenvalue weighted by Crippen LogP contribution is 2.45. The number of aromatic amines is 1. The maximum atomic E-state index is 13.6. The molecular weight excluding hydrogens is 434 g/mol. The molecule has 8 nitrogen and oxygen atoms in total. The molecule has 0 spiro atoms. The molecule has 1 aliphatic rings. The number of hydrogen-bond donors (Lipinski definition) is 3. The first kappa shape index (κ1) is 22.3. The van der Waals surface area contributed by atoms with E-state index in [1.807, 2.05) is 35.0 Å². The van der Waals surface area contributed by atoms with Crippen molar-refractivity contribution in [2.24, 2.45) is 0 Å². The number of rotatable bonds is 7. The van der Waals surface area contributed by atoms with Gasteiger partial charge in [-0.2, -0.15) is 0 Å². The number of H-pyrrole nitrogens is 1. The number of aromatic nitrogens is 3. The highest BCUT2D eigenvalue weighted by Gasteiger charge is 2.40. The Morgan fingerprint density at radius 3 is 2.79 bits per heavy atom. The predicted molar refractivity (Wildman–Crippen MR) is 127 cm³/mol. The molecule has 5 rings (SSSR count). The third-order valence-corrected chi connectivity index (χ3v) is 6.45. The van der Waals surface area contributed by atoms with Crippen LogP contribution in [-0.2, 0) is 16.9 Å². The normalized spacial score (nSPS) is 15.3. The molecule has 2 heterocycles. The lowest BCUT2D eigenvalue weighted by molar-refractivity contribution is 0.0535. The summed E-state index contributed by atoms with van der Waals surface area (Å²) < 4.78 is 12.8. The molecule has 0 amide bonds. The Labute approximate surface area is 196 Å². The van der Waals surface area contributed by atoms with E-state index in [0.717, 1.165) is 33.5 Å². The molecule has 0 bridgehead atoms. The van der Waals surface area contributed by atoms with E-state index in [1.54, 1.807) is 25.4 Å². The largest absolute Gasteiger partial charge is 0.491 e. The Bertz CT molecular complexity index is 1380. The van der Waals surface area contributed by atoms with Crippen LogP contribution in [0, 0.1) is 0 Å². The van der Waals surface area contributed by atoms with Crippen molar-refractivity contribution in [1.82, 2.24) is 14.5 Å². The quantitative estimate of drug-likeness (QED) is 0.390. The van der Waals surface area contributed by atoms with E-state index in [0.29, 0.717) is 23.6 Å². The first-order valence-corrected chi connectivity index (χ1v) is 11.1. The van der Waals surface area contributed by atoms with Crippen LogP contribution in [0.2, 0.25) is 0 Å². The highest BCUT2D eigenvalue weighted by molar-refractivity contribution is 6.20. The molecule has 2 aromatic carbocycles. The number of methoxy groups -OCH3 is 1. The lowest BCUT2D eigenvalue weighted by atomic mass is 9.71. The Morgan fingerprint density at radius 2 is 2.03 bits per heavy atom. The Morgan fingerprint density at radius 1 is 1.21 bits per heavy atom. The molecule has 0 saturated heterocycles. The maximum absolute atomic E-state index is 13.6. The fourth-order valence-electron chi connectivity index (χ4n) is 4.70. The van der Waals surface area contributed by atoms with Crippen LogP contribution in [0.5, 0.6) is 5.75 Å². The van der Waals surface area contributed by atoms with Crippen LogP contribution in [0.25, 0.3) is 22.3 Å². The van der Waals surface area contributed by atoms with Crippen molar-refractivity contribution in [2.45, 2.75) is 32.1 Å². The summed E-state index contributed by atoms with van der Waals surface area (Å²) in [4.78, 5) is 21.6. The van der Waals surface area contributed by atoms with Crippen LogP contribution >= 0.6 is 0 Å². The smallest absolute Gasteiger partial charge is 0.195 e. The Kier molecular flexibility index (Phi) is 5.51. The molecule has 3 N–H and O–H groups in total. The molecule has 0 radical (unpaired) electrons. The van der Waals surface area contributed by atoms with E-state index in [9.17, 15) is 9.90 Å². The van der Waals surface area contributed by atoms with Crippen molar-refractivity contribution in [2.75, 3.05) is 20.3 Å². The third-order valence-electron chi connectivity index (χ3n) is 6.45. The number of imidazole rings is 1. The summed E-state index contributed by atoms with van der Waals surface area (Å²) in [6, 6.07) is 11.3. The molecule has 4 aromatic rings. The molecule has 0 aliphatic heterocycles. The van der Waals surface area contributed by atoms with Gasteiger partial charge in [-0.05, 0) is 29.8 Å². The standard InChI is InChI=1S/C26H27N3O5/c1-26(2)20-11-17(34-13-16(31)12-30)5-7-18(20)23(32)22-19-6-4-15(10-21(19)28-24(22)26)25-27-8-9-29(25)14-33-3/h4-11,16,28,30-31H,12-14H2,1-3H3. The number of aliphatic hydroxyl groups is 2. The zero-order valence-electron chi connectivity index (χ0n) is 19.3. The number of ketones is 1. The van der Waals surface area contributed by atoms with Crippen LogP contribution < -0.4 is 4.74 Å². The van der Waals surface area contributed by atoms with Gasteiger partial charge in [0.2, 0.25) is 0 Å². The van der Waals surface area contributed by atoms with Gasteiger partial charge >= 0.3 is 0 Å². The van der Waals surface area contributed by atoms with Gasteiger partial charge in [-0.25, -0.2) is 4.98 Å². The van der Waals surface area contributed by atoms with Gasteiger partial charge < -0.3 is 29.2 Å². The van der Waals surface area contributed by atoms with Crippen LogP contribution in [0.4, 0.5) is 0 Å². The van der Waals surface area contributed by atoms with Gasteiger partial charge in [0.1, 0.15) is 31.0 Å². The van der Waals surface area contributed by atoms with Crippen LogP contribution in [-0.4, -0.2) is 57.0 Å². The van der Waals surface area contributed by atoms with Crippen molar-refractivity contribution in [3.63, 3.8) is 0 Å². The zero-order chi connectivity index (χ0) is 24.0. The number of nitrogens with zero attached hydrogens (tertiary/aromatic N) is 2. The number of benzene rings is 2. The zero-order valence-corrected chi connectivity index (χ0v) is 19.3. The van der Waals surface area contributed by atoms with E-state index >= 15 is 0 Å². The lowest BCUT2D eigenvalue weighted by Gasteiger charge is -2.32. The molecule has 0 fully saturated rings. The maximum Gasteiger partial charge on any atom is 0.195 e. The summed E-state index contributed by atoms with van der Waals surface area (Å²) in [6.07, 6.45) is 2.64. The number of hydrogen-bond acceptors (Lipinski definition) is 6. The van der Waals surface area contributed by atoms with E-state index in [1.165, 1.54) is 0 Å². The van der Waals surface area contributed by atoms with Gasteiger partial charge in [0.25, 0.3) is 0 Å². The molecule has 34 heavy (non-hydrogen) atoms. The minimum absolute atomic E-state index is 0.0249. The fourth-order valence-corrected chi connectivity index (χ4v) is 4.70. The summed E-state index contributed by atoms with van der Waals surface area (Å²) in [5, 5.41) is 19.5. The second-order valence-corrected chi connectivity index (χ2v) is 9.08. The lowest BCUT2D eigenvalue weighted by Crippen LogP contribution is -2.30. The predicted octanol–water partition coefficient (Wildman–Crippen LogP) is 3.24. The van der Waals surface area contributed by atoms with Gasteiger partial charge in [-0.3, -0.25) is 4.79 Å². The minimum atomic E-state index is -0.959. The molecule has 8 heteroatoms. The van der Waals surface area contributed by atoms with Gasteiger partial charge in [0.15, 0.2) is 5.78 Å². The van der Waals surface area contributed by atoms with Gasteiger partial charge in [-0.15, -0.1) is 0 Å². The van der Waals surface area contributed by atoms with Crippen molar-refractivity contribution in [3.8, 4) is 17.1 Å². The van der Waals surface area contributed by atoms with Crippen LogP contribution in [0.3, 0.4) is 0 Å². The summed E-state index contributed by atoms with van der Waals surface area (Å²) in [7, 11) is 1.64. The number of nitrogens with one attached hydrogen (secondary N) is 1. The molecule has 1 aliphatic carbocycles. The molecule has 0 saturated carbocycles. The highest BCUT2D eigenvalue weighted by atomic mass is 16.5. The number of ether oxygens (including phenoxy) is 2. The van der Waals surface area contributed by atoms with Gasteiger partial charge in [-0.1, -0.05) is 26.0 Å². The minimum Gasteiger partial charge on any atom is -0.491 e. The average molecular weight is 462 g/mol. The summed E-state index contributed by atoms with van der Waals surface area (Å²) >= 11 is 0. The van der Waals surface area contributed by atoms with Gasteiger partial charge in [0, 0.05) is 52.6 Å². The van der Waals surface area contributed by atoms with Crippen LogP contribution in [0.1, 0.15) is 41.0 Å². The summed E-state index contributed by atoms with van der Waals surface area (Å²) in [6.45, 7) is 4.15. The van der Waals surface area contributed by atoms with Crippen molar-refractivity contribution < 1.29 is 24.5 Å². The van der Waals surface area contributed by atoms with E-state index in [-0.39, 0.29) is 19.0 Å². The van der Waals surface area contributed by atoms with E-state index in [4.69, 9.17) is 14.6 Å². The molecule has 176 valence electrons. The van der Waals surface area contributed by atoms with Crippen LogP contribution in [0.15, 0.2) is 48.8 Å². The first-order valence-electron chi connectivity index (χ1n) is 11.1. The number of carbonyl (C=O) groups is 1. The topological polar surface area (TPSA) is 110 Å². The molecular formula is C26H27N3O5. The van der Waals surface area contributed by atoms with E-state index < -0.39 is 11.5 Å². The first-order chi connectivity index (χ1) is 16.3. The fraction of sp³-hybridized carbons (Fsp3) is 0.308. The summed E-state index contributed by atoms with van der Waals surface area (Å²) in [5.41, 5.74) is 4.33. The second-order valence-electron chi connectivity index (χ2n) is 9.08. The number of fused-ring (bicyclic) bond motifs is 4.